The Balaban J connectivity index is 2.50. The van der Waals surface area contributed by atoms with Crippen molar-refractivity contribution in [3.05, 3.63) is 11.8 Å². The van der Waals surface area contributed by atoms with E-state index in [0.717, 1.165) is 18.6 Å². The number of rotatable bonds is 2. The Labute approximate surface area is 107 Å². The third kappa shape index (κ3) is 1.39. The lowest BCUT2D eigenvalue weighted by molar-refractivity contribution is -0.153. The van der Waals surface area contributed by atoms with Crippen molar-refractivity contribution in [2.75, 3.05) is 14.2 Å². The smallest absolute Gasteiger partial charge is 0.318 e. The molecule has 5 heteroatoms. The van der Waals surface area contributed by atoms with Crippen molar-refractivity contribution in [3.8, 4) is 0 Å². The minimum atomic E-state index is -0.772. The fourth-order valence-corrected chi connectivity index (χ4v) is 3.26. The van der Waals surface area contributed by atoms with E-state index in [2.05, 4.69) is 5.32 Å². The first-order chi connectivity index (χ1) is 8.40. The predicted octanol–water partition coefficient (Wildman–Crippen LogP) is 0.994. The van der Waals surface area contributed by atoms with Crippen LogP contribution in [-0.4, -0.2) is 31.6 Å². The van der Waals surface area contributed by atoms with E-state index < -0.39 is 22.8 Å². The molecular formula is C13H19NO4. The number of hydrogen-bond acceptors (Lipinski definition) is 4. The molecule has 1 aliphatic heterocycles. The molecule has 2 aliphatic rings. The van der Waals surface area contributed by atoms with Crippen LogP contribution in [0.15, 0.2) is 11.8 Å². The van der Waals surface area contributed by atoms with Gasteiger partial charge < -0.3 is 14.8 Å². The van der Waals surface area contributed by atoms with Crippen LogP contribution in [0.5, 0.6) is 0 Å². The molecule has 100 valence electrons. The second kappa shape index (κ2) is 4.00. The lowest BCUT2D eigenvalue weighted by Gasteiger charge is -2.45. The molecule has 3 atom stereocenters. The van der Waals surface area contributed by atoms with Gasteiger partial charge in [-0.15, -0.1) is 0 Å². The number of fused-ring (bicyclic) bond motifs is 1. The zero-order valence-electron chi connectivity index (χ0n) is 11.2. The fourth-order valence-electron chi connectivity index (χ4n) is 3.26. The van der Waals surface area contributed by atoms with E-state index in [4.69, 9.17) is 9.47 Å². The van der Waals surface area contributed by atoms with Crippen LogP contribution >= 0.6 is 0 Å². The molecule has 1 fully saturated rings. The van der Waals surface area contributed by atoms with Crippen molar-refractivity contribution in [1.82, 2.24) is 5.32 Å². The molecular weight excluding hydrogens is 234 g/mol. The first-order valence-electron chi connectivity index (χ1n) is 6.05. The number of esters is 1. The molecule has 0 aromatic carbocycles. The lowest BCUT2D eigenvalue weighted by atomic mass is 9.61. The summed E-state index contributed by atoms with van der Waals surface area (Å²) in [4.78, 5) is 24.0. The SMILES string of the molecule is COC(=O)C1C(=O)NC2(C)C(OC)=CCCC12C. The summed E-state index contributed by atoms with van der Waals surface area (Å²) in [5.74, 6) is -0.810. The van der Waals surface area contributed by atoms with Crippen LogP contribution in [-0.2, 0) is 19.1 Å². The van der Waals surface area contributed by atoms with Crippen molar-refractivity contribution in [2.24, 2.45) is 11.3 Å². The topological polar surface area (TPSA) is 64.6 Å². The monoisotopic (exact) mass is 253 g/mol. The molecule has 2 rings (SSSR count). The Hall–Kier alpha value is -1.52. The van der Waals surface area contributed by atoms with Crippen molar-refractivity contribution in [2.45, 2.75) is 32.2 Å². The van der Waals surface area contributed by atoms with Gasteiger partial charge in [0.15, 0.2) is 0 Å². The number of amides is 1. The highest BCUT2D eigenvalue weighted by molar-refractivity contribution is 6.01. The molecule has 1 aliphatic carbocycles. The third-order valence-electron chi connectivity index (χ3n) is 4.56. The molecule has 0 radical (unpaired) electrons. The van der Waals surface area contributed by atoms with Crippen LogP contribution < -0.4 is 5.32 Å². The molecule has 0 bridgehead atoms. The molecule has 1 saturated heterocycles. The van der Waals surface area contributed by atoms with Gasteiger partial charge in [-0.05, 0) is 25.8 Å². The first-order valence-corrected chi connectivity index (χ1v) is 6.05. The van der Waals surface area contributed by atoms with Gasteiger partial charge in [0.25, 0.3) is 0 Å². The number of methoxy groups -OCH3 is 2. The van der Waals surface area contributed by atoms with E-state index in [1.165, 1.54) is 7.11 Å². The maximum Gasteiger partial charge on any atom is 0.318 e. The van der Waals surface area contributed by atoms with Gasteiger partial charge in [0, 0.05) is 5.41 Å². The van der Waals surface area contributed by atoms with E-state index in [-0.39, 0.29) is 5.91 Å². The van der Waals surface area contributed by atoms with Gasteiger partial charge in [0.05, 0.1) is 14.2 Å². The summed E-state index contributed by atoms with van der Waals surface area (Å²) >= 11 is 0. The average Bonchev–Trinajstić information content (AvgIpc) is 2.53. The summed E-state index contributed by atoms with van der Waals surface area (Å²) in [6.07, 6.45) is 3.51. The molecule has 5 nitrogen and oxygen atoms in total. The number of ether oxygens (including phenoxy) is 2. The van der Waals surface area contributed by atoms with Crippen LogP contribution in [0, 0.1) is 11.3 Å². The van der Waals surface area contributed by atoms with Crippen LogP contribution in [0.4, 0.5) is 0 Å². The molecule has 0 saturated carbocycles. The minimum absolute atomic E-state index is 0.281. The van der Waals surface area contributed by atoms with Crippen LogP contribution in [0.2, 0.25) is 0 Å². The molecule has 1 amide bonds. The van der Waals surface area contributed by atoms with E-state index >= 15 is 0 Å². The largest absolute Gasteiger partial charge is 0.499 e. The summed E-state index contributed by atoms with van der Waals surface area (Å²) in [5.41, 5.74) is -1.16. The average molecular weight is 253 g/mol. The van der Waals surface area contributed by atoms with Crippen LogP contribution in [0.25, 0.3) is 0 Å². The van der Waals surface area contributed by atoms with Crippen LogP contribution in [0.3, 0.4) is 0 Å². The molecule has 1 N–H and O–H groups in total. The summed E-state index contributed by atoms with van der Waals surface area (Å²) in [6.45, 7) is 3.85. The van der Waals surface area contributed by atoms with Crippen molar-refractivity contribution >= 4 is 11.9 Å². The number of nitrogens with one attached hydrogen (secondary N) is 1. The van der Waals surface area contributed by atoms with Gasteiger partial charge >= 0.3 is 5.97 Å². The molecule has 0 aromatic heterocycles. The highest BCUT2D eigenvalue weighted by Gasteiger charge is 2.65. The Morgan fingerprint density at radius 1 is 1.44 bits per heavy atom. The fraction of sp³-hybridized carbons (Fsp3) is 0.692. The van der Waals surface area contributed by atoms with Crippen molar-refractivity contribution in [1.29, 1.82) is 0 Å². The molecule has 1 heterocycles. The Kier molecular flexibility index (Phi) is 2.87. The van der Waals surface area contributed by atoms with Gasteiger partial charge in [-0.3, -0.25) is 9.59 Å². The zero-order valence-corrected chi connectivity index (χ0v) is 11.2. The molecule has 0 aromatic rings. The van der Waals surface area contributed by atoms with Crippen molar-refractivity contribution in [3.63, 3.8) is 0 Å². The number of carbonyl (C=O) groups is 2. The van der Waals surface area contributed by atoms with E-state index in [1.807, 2.05) is 19.9 Å². The van der Waals surface area contributed by atoms with Crippen molar-refractivity contribution < 1.29 is 19.1 Å². The number of carbonyl (C=O) groups excluding carboxylic acids is 2. The first kappa shape index (κ1) is 12.9. The van der Waals surface area contributed by atoms with E-state index in [1.54, 1.807) is 7.11 Å². The van der Waals surface area contributed by atoms with Gasteiger partial charge in [0.2, 0.25) is 5.91 Å². The quantitative estimate of drug-likeness (QED) is 0.589. The highest BCUT2D eigenvalue weighted by atomic mass is 16.5. The number of allylic oxidation sites excluding steroid dienone is 1. The van der Waals surface area contributed by atoms with Gasteiger partial charge in [-0.1, -0.05) is 6.92 Å². The van der Waals surface area contributed by atoms with Gasteiger partial charge in [0.1, 0.15) is 17.2 Å². The minimum Gasteiger partial charge on any atom is -0.499 e. The van der Waals surface area contributed by atoms with E-state index in [9.17, 15) is 9.59 Å². The number of hydrogen-bond donors (Lipinski definition) is 1. The second-order valence-electron chi connectivity index (χ2n) is 5.30. The Bertz CT molecular complexity index is 431. The molecule has 3 unspecified atom stereocenters. The Morgan fingerprint density at radius 3 is 2.67 bits per heavy atom. The zero-order chi connectivity index (χ0) is 13.6. The summed E-state index contributed by atoms with van der Waals surface area (Å²) in [6, 6.07) is 0. The second-order valence-corrected chi connectivity index (χ2v) is 5.30. The van der Waals surface area contributed by atoms with Gasteiger partial charge in [-0.2, -0.15) is 0 Å². The lowest BCUT2D eigenvalue weighted by Crippen LogP contribution is -2.53. The maximum absolute atomic E-state index is 12.1. The molecule has 18 heavy (non-hydrogen) atoms. The molecule has 0 spiro atoms. The van der Waals surface area contributed by atoms with E-state index in [0.29, 0.717) is 0 Å². The summed E-state index contributed by atoms with van der Waals surface area (Å²) in [5, 5.41) is 2.91. The standard InChI is InChI=1S/C13H19NO4/c1-12-7-5-6-8(17-3)13(12,2)14-10(15)9(12)11(16)18-4/h6,9H,5,7H2,1-4H3,(H,14,15). The predicted molar refractivity (Wildman–Crippen MR) is 64.5 cm³/mol. The maximum atomic E-state index is 12.1. The van der Waals surface area contributed by atoms with Gasteiger partial charge in [-0.25, -0.2) is 0 Å². The summed E-state index contributed by atoms with van der Waals surface area (Å²) < 4.78 is 10.2. The summed E-state index contributed by atoms with van der Waals surface area (Å²) in [7, 11) is 2.89. The Morgan fingerprint density at radius 2 is 2.11 bits per heavy atom. The third-order valence-corrected chi connectivity index (χ3v) is 4.56. The van der Waals surface area contributed by atoms with Crippen LogP contribution in [0.1, 0.15) is 26.7 Å². The normalized spacial score (nSPS) is 38.6. The highest BCUT2D eigenvalue weighted by Crippen LogP contribution is 2.53.